The Morgan fingerprint density at radius 1 is 0.393 bits per heavy atom. The number of ether oxygens (including phenoxy) is 12. The third-order valence-corrected chi connectivity index (χ3v) is 8.69. The van der Waals surface area contributed by atoms with Gasteiger partial charge in [0.05, 0.1) is 168 Å². The maximum Gasteiger partial charge on any atom is 0.299 e. The van der Waals surface area contributed by atoms with Crippen molar-refractivity contribution in [3.8, 4) is 0 Å². The van der Waals surface area contributed by atoms with Crippen molar-refractivity contribution in [3.05, 3.63) is 38.4 Å². The zero-order chi connectivity index (χ0) is 43.9. The van der Waals surface area contributed by atoms with Crippen LogP contribution in [0.4, 0.5) is 17.1 Å². The van der Waals surface area contributed by atoms with Gasteiger partial charge < -0.3 is 62.2 Å². The number of hydrogen-bond donors (Lipinski definition) is 1. The van der Waals surface area contributed by atoms with E-state index in [0.717, 1.165) is 19.1 Å². The molecule has 0 amide bonds. The topological polar surface area (TPSA) is 209 Å². The highest BCUT2D eigenvalue weighted by Crippen LogP contribution is 2.28. The van der Waals surface area contributed by atoms with Crippen LogP contribution in [0.5, 0.6) is 0 Å². The monoisotopic (exact) mass is 880 g/mol. The molecule has 0 radical (unpaired) electrons. The predicted octanol–water partition coefficient (Wildman–Crippen LogP) is 6.04. The molecule has 0 spiro atoms. The summed E-state index contributed by atoms with van der Waals surface area (Å²) in [5, 5.41) is 24.9. The molecule has 1 rings (SSSR count). The van der Waals surface area contributed by atoms with Gasteiger partial charge in [-0.05, 0) is 12.5 Å². The van der Waals surface area contributed by atoms with Crippen LogP contribution in [0.1, 0.15) is 71.1 Å². The highest BCUT2D eigenvalue weighted by Gasteiger charge is 2.19. The predicted molar refractivity (Wildman–Crippen MR) is 230 cm³/mol. The summed E-state index contributed by atoms with van der Waals surface area (Å²) < 4.78 is 66.0. The first kappa shape index (κ1) is 56.4. The maximum absolute atomic E-state index is 11.2. The van der Waals surface area contributed by atoms with Gasteiger partial charge in [0.25, 0.3) is 11.4 Å². The molecule has 0 saturated heterocycles. The Hall–Kier alpha value is -2.66. The number of unbranched alkanes of at least 4 members (excludes halogenated alkanes) is 9. The lowest BCUT2D eigenvalue weighted by Crippen LogP contribution is -2.16. The van der Waals surface area contributed by atoms with Crippen LogP contribution in [-0.4, -0.2) is 175 Å². The second-order valence-corrected chi connectivity index (χ2v) is 13.7. The van der Waals surface area contributed by atoms with Gasteiger partial charge in [-0.2, -0.15) is 0 Å². The number of anilines is 1. The van der Waals surface area contributed by atoms with E-state index in [-0.39, 0.29) is 30.2 Å². The van der Waals surface area contributed by atoms with E-state index in [1.807, 2.05) is 0 Å². The number of nitro groups is 2. The van der Waals surface area contributed by atoms with Crippen molar-refractivity contribution >= 4 is 17.1 Å². The van der Waals surface area contributed by atoms with Gasteiger partial charge in [-0.3, -0.25) is 20.2 Å². The first-order valence-electron chi connectivity index (χ1n) is 22.2. The maximum atomic E-state index is 11.2. The molecule has 356 valence electrons. The molecule has 0 saturated carbocycles. The molecule has 19 heteroatoms. The average molecular weight is 880 g/mol. The third-order valence-electron chi connectivity index (χ3n) is 8.69. The van der Waals surface area contributed by atoms with E-state index in [2.05, 4.69) is 12.2 Å². The second-order valence-electron chi connectivity index (χ2n) is 13.7. The molecule has 1 aromatic rings. The van der Waals surface area contributed by atoms with Gasteiger partial charge in [0, 0.05) is 19.2 Å². The number of rotatable bonds is 50. The van der Waals surface area contributed by atoms with Crippen molar-refractivity contribution in [2.45, 2.75) is 71.1 Å². The molecule has 0 aliphatic carbocycles. The molecule has 1 aromatic carbocycles. The number of hydrogen-bond acceptors (Lipinski definition) is 17. The van der Waals surface area contributed by atoms with Crippen LogP contribution in [0.25, 0.3) is 0 Å². The fourth-order valence-corrected chi connectivity index (χ4v) is 5.40. The van der Waals surface area contributed by atoms with Crippen molar-refractivity contribution in [2.24, 2.45) is 0 Å². The molecule has 0 aliphatic heterocycles. The minimum atomic E-state index is -0.679. The Bertz CT molecular complexity index is 1130. The molecule has 1 N–H and O–H groups in total. The smallest absolute Gasteiger partial charge is 0.299 e. The molecule has 61 heavy (non-hydrogen) atoms. The lowest BCUT2D eigenvalue weighted by Gasteiger charge is -2.09. The van der Waals surface area contributed by atoms with Crippen LogP contribution < -0.4 is 5.32 Å². The second kappa shape index (κ2) is 45.4. The summed E-state index contributed by atoms with van der Waals surface area (Å²) in [5.74, 6) is 0. The van der Waals surface area contributed by atoms with Crippen LogP contribution in [-0.2, 0) is 56.8 Å². The summed E-state index contributed by atoms with van der Waals surface area (Å²) in [6.45, 7) is 14.2. The lowest BCUT2D eigenvalue weighted by molar-refractivity contribution is -0.393. The normalized spacial score (nSPS) is 11.4. The van der Waals surface area contributed by atoms with E-state index in [1.165, 1.54) is 69.9 Å². The highest BCUT2D eigenvalue weighted by molar-refractivity contribution is 5.65. The Balaban J connectivity index is 1.66. The van der Waals surface area contributed by atoms with Gasteiger partial charge in [-0.1, -0.05) is 64.7 Å². The summed E-state index contributed by atoms with van der Waals surface area (Å²) in [5.41, 5.74) is -0.525. The molecule has 0 heterocycles. The van der Waals surface area contributed by atoms with Crippen LogP contribution in [0.15, 0.2) is 18.2 Å². The molecule has 0 bridgehead atoms. The van der Waals surface area contributed by atoms with Crippen LogP contribution in [0.3, 0.4) is 0 Å². The Morgan fingerprint density at radius 2 is 0.689 bits per heavy atom. The van der Waals surface area contributed by atoms with E-state index < -0.39 is 9.85 Å². The van der Waals surface area contributed by atoms with Crippen molar-refractivity contribution in [2.75, 3.05) is 170 Å². The van der Waals surface area contributed by atoms with Crippen LogP contribution in [0, 0.1) is 20.2 Å². The summed E-state index contributed by atoms with van der Waals surface area (Å²) >= 11 is 0. The Kier molecular flexibility index (Phi) is 41.9. The Labute approximate surface area is 363 Å². The van der Waals surface area contributed by atoms with E-state index in [1.54, 1.807) is 0 Å². The summed E-state index contributed by atoms with van der Waals surface area (Å²) in [6.07, 6.45) is 13.3. The lowest BCUT2D eigenvalue weighted by atomic mass is 10.1. The van der Waals surface area contributed by atoms with E-state index in [0.29, 0.717) is 145 Å². The summed E-state index contributed by atoms with van der Waals surface area (Å²) in [4.78, 5) is 20.7. The van der Waals surface area contributed by atoms with Gasteiger partial charge in [0.1, 0.15) is 5.69 Å². The van der Waals surface area contributed by atoms with E-state index in [9.17, 15) is 20.2 Å². The van der Waals surface area contributed by atoms with Gasteiger partial charge in [-0.25, -0.2) is 0 Å². The summed E-state index contributed by atoms with van der Waals surface area (Å²) in [6, 6.07) is 3.43. The summed E-state index contributed by atoms with van der Waals surface area (Å²) in [7, 11) is 0. The zero-order valence-corrected chi connectivity index (χ0v) is 36.9. The minimum Gasteiger partial charge on any atom is -0.379 e. The number of nitrogens with zero attached hydrogens (tertiary/aromatic N) is 2. The molecule has 0 unspecified atom stereocenters. The van der Waals surface area contributed by atoms with Gasteiger partial charge in [-0.15, -0.1) is 0 Å². The van der Waals surface area contributed by atoms with Gasteiger partial charge in [0.15, 0.2) is 0 Å². The molecule has 19 nitrogen and oxygen atoms in total. The largest absolute Gasteiger partial charge is 0.379 e. The van der Waals surface area contributed by atoms with Crippen LogP contribution >= 0.6 is 0 Å². The fraction of sp³-hybridized carbons (Fsp3) is 0.857. The highest BCUT2D eigenvalue weighted by atomic mass is 16.6. The first-order chi connectivity index (χ1) is 30.1. The Morgan fingerprint density at radius 3 is 1.00 bits per heavy atom. The van der Waals surface area contributed by atoms with Gasteiger partial charge >= 0.3 is 0 Å². The first-order valence-corrected chi connectivity index (χ1v) is 22.2. The average Bonchev–Trinajstić information content (AvgIpc) is 3.26. The van der Waals surface area contributed by atoms with Gasteiger partial charge in [0.2, 0.25) is 0 Å². The molecular formula is C42H77N3O16. The van der Waals surface area contributed by atoms with E-state index >= 15 is 0 Å². The molecule has 0 fully saturated rings. The van der Waals surface area contributed by atoms with Crippen molar-refractivity contribution < 1.29 is 66.7 Å². The number of nitrogens with one attached hydrogen (secondary N) is 1. The quantitative estimate of drug-likeness (QED) is 0.0450. The standard InChI is InChI=1S/C42H77N3O16/c1-2-3-4-5-6-7-8-9-10-11-15-50-17-19-52-21-23-54-25-27-56-29-31-58-33-35-60-37-38-61-36-34-59-32-30-57-28-26-55-24-22-53-20-18-51-16-14-43-41-13-12-40(44(46)47)39-42(41)45(48)49/h12-13,39,43H,2-11,14-38H2,1H3. The van der Waals surface area contributed by atoms with Crippen molar-refractivity contribution in [3.63, 3.8) is 0 Å². The SMILES string of the molecule is CCCCCCCCCCCCOCCOCCOCCOCCOCCOCCOCCOCCOCCOCCOCCOCCNc1ccc([N+](=O)[O-])cc1[N+](=O)[O-]. The molecule has 0 aromatic heterocycles. The van der Waals surface area contributed by atoms with Crippen LogP contribution in [0.2, 0.25) is 0 Å². The molecular weight excluding hydrogens is 802 g/mol. The zero-order valence-electron chi connectivity index (χ0n) is 36.9. The molecule has 0 atom stereocenters. The third kappa shape index (κ3) is 38.7. The number of benzene rings is 1. The van der Waals surface area contributed by atoms with Crippen molar-refractivity contribution in [1.82, 2.24) is 0 Å². The van der Waals surface area contributed by atoms with Crippen molar-refractivity contribution in [1.29, 1.82) is 0 Å². The fourth-order valence-electron chi connectivity index (χ4n) is 5.40. The number of non-ortho nitro benzene ring substituents is 1. The van der Waals surface area contributed by atoms with E-state index in [4.69, 9.17) is 56.8 Å². The molecule has 0 aliphatic rings. The minimum absolute atomic E-state index is 0.186. The number of nitro benzene ring substituents is 2.